The molecule has 0 saturated carbocycles. The van der Waals surface area contributed by atoms with Crippen molar-refractivity contribution in [2.24, 2.45) is 11.1 Å². The molecule has 0 unspecified atom stereocenters. The first-order chi connectivity index (χ1) is 7.45. The second-order valence-electron chi connectivity index (χ2n) is 4.13. The average molecular weight is 251 g/mol. The topological polar surface area (TPSA) is 84.2 Å². The molecule has 0 spiro atoms. The van der Waals surface area contributed by atoms with E-state index in [0.29, 0.717) is 19.6 Å². The summed E-state index contributed by atoms with van der Waals surface area (Å²) in [6.45, 7) is 7.34. The SMILES string of the molecule is CCCNS(=O)(=O)NCC(CC)(CC)CN. The van der Waals surface area contributed by atoms with Gasteiger partial charge in [-0.15, -0.1) is 0 Å². The summed E-state index contributed by atoms with van der Waals surface area (Å²) in [5.74, 6) is 0. The highest BCUT2D eigenvalue weighted by molar-refractivity contribution is 7.87. The Morgan fingerprint density at radius 2 is 1.69 bits per heavy atom. The lowest BCUT2D eigenvalue weighted by atomic mass is 9.83. The minimum atomic E-state index is -3.36. The van der Waals surface area contributed by atoms with Gasteiger partial charge >= 0.3 is 0 Å². The van der Waals surface area contributed by atoms with Gasteiger partial charge in [-0.3, -0.25) is 0 Å². The van der Waals surface area contributed by atoms with E-state index in [-0.39, 0.29) is 5.41 Å². The van der Waals surface area contributed by atoms with Gasteiger partial charge < -0.3 is 5.73 Å². The Kier molecular flexibility index (Phi) is 7.14. The average Bonchev–Trinajstić information content (AvgIpc) is 2.29. The van der Waals surface area contributed by atoms with Crippen molar-refractivity contribution in [2.75, 3.05) is 19.6 Å². The van der Waals surface area contributed by atoms with E-state index in [1.807, 2.05) is 20.8 Å². The van der Waals surface area contributed by atoms with Crippen LogP contribution in [0.2, 0.25) is 0 Å². The lowest BCUT2D eigenvalue weighted by Crippen LogP contribution is -2.45. The molecule has 0 fully saturated rings. The Morgan fingerprint density at radius 1 is 1.12 bits per heavy atom. The third-order valence-electron chi connectivity index (χ3n) is 3.11. The molecule has 0 heterocycles. The van der Waals surface area contributed by atoms with E-state index >= 15 is 0 Å². The number of hydrogen-bond donors (Lipinski definition) is 3. The molecule has 0 aliphatic rings. The molecule has 16 heavy (non-hydrogen) atoms. The van der Waals surface area contributed by atoms with E-state index in [9.17, 15) is 8.42 Å². The van der Waals surface area contributed by atoms with Crippen LogP contribution < -0.4 is 15.2 Å². The maximum atomic E-state index is 11.5. The highest BCUT2D eigenvalue weighted by Crippen LogP contribution is 2.23. The molecule has 0 amide bonds. The molecular weight excluding hydrogens is 226 g/mol. The van der Waals surface area contributed by atoms with Gasteiger partial charge in [-0.2, -0.15) is 8.42 Å². The molecule has 5 nitrogen and oxygen atoms in total. The first-order valence-corrected chi connectivity index (χ1v) is 7.38. The largest absolute Gasteiger partial charge is 0.330 e. The fraction of sp³-hybridized carbons (Fsp3) is 1.00. The van der Waals surface area contributed by atoms with Crippen molar-refractivity contribution in [1.82, 2.24) is 9.44 Å². The molecule has 0 radical (unpaired) electrons. The minimum Gasteiger partial charge on any atom is -0.330 e. The van der Waals surface area contributed by atoms with Crippen molar-refractivity contribution in [3.63, 3.8) is 0 Å². The van der Waals surface area contributed by atoms with Crippen LogP contribution in [0.4, 0.5) is 0 Å². The molecule has 0 rings (SSSR count). The third-order valence-corrected chi connectivity index (χ3v) is 4.22. The van der Waals surface area contributed by atoms with Gasteiger partial charge in [0.25, 0.3) is 10.2 Å². The summed E-state index contributed by atoms with van der Waals surface area (Å²) in [6, 6.07) is 0. The molecule has 0 bridgehead atoms. The predicted octanol–water partition coefficient (Wildman–Crippen LogP) is 0.586. The van der Waals surface area contributed by atoms with Crippen LogP contribution in [-0.4, -0.2) is 28.1 Å². The number of nitrogens with one attached hydrogen (secondary N) is 2. The lowest BCUT2D eigenvalue weighted by Gasteiger charge is -2.30. The van der Waals surface area contributed by atoms with Crippen LogP contribution in [0.1, 0.15) is 40.0 Å². The minimum absolute atomic E-state index is 0.124. The summed E-state index contributed by atoms with van der Waals surface area (Å²) in [6.07, 6.45) is 2.52. The third kappa shape index (κ3) is 5.25. The molecule has 98 valence electrons. The normalized spacial score (nSPS) is 13.0. The second-order valence-corrected chi connectivity index (χ2v) is 5.71. The highest BCUT2D eigenvalue weighted by atomic mass is 32.2. The van der Waals surface area contributed by atoms with Gasteiger partial charge in [-0.25, -0.2) is 9.44 Å². The maximum Gasteiger partial charge on any atom is 0.276 e. The summed E-state index contributed by atoms with van der Waals surface area (Å²) in [5, 5.41) is 0. The van der Waals surface area contributed by atoms with Crippen molar-refractivity contribution in [3.8, 4) is 0 Å². The molecule has 4 N–H and O–H groups in total. The van der Waals surface area contributed by atoms with Crippen LogP contribution in [0.3, 0.4) is 0 Å². The molecule has 0 saturated heterocycles. The predicted molar refractivity (Wildman–Crippen MR) is 67.3 cm³/mol. The zero-order chi connectivity index (χ0) is 12.7. The number of nitrogens with two attached hydrogens (primary N) is 1. The van der Waals surface area contributed by atoms with E-state index in [4.69, 9.17) is 5.73 Å². The number of hydrogen-bond acceptors (Lipinski definition) is 3. The van der Waals surface area contributed by atoms with Crippen LogP contribution >= 0.6 is 0 Å². The number of rotatable bonds is 9. The summed E-state index contributed by atoms with van der Waals surface area (Å²) in [7, 11) is -3.36. The van der Waals surface area contributed by atoms with Crippen LogP contribution in [0.15, 0.2) is 0 Å². The Labute approximate surface area is 99.4 Å². The van der Waals surface area contributed by atoms with Gasteiger partial charge in [0.1, 0.15) is 0 Å². The zero-order valence-corrected chi connectivity index (χ0v) is 11.4. The van der Waals surface area contributed by atoms with Crippen LogP contribution in [0.25, 0.3) is 0 Å². The first-order valence-electron chi connectivity index (χ1n) is 5.89. The highest BCUT2D eigenvalue weighted by Gasteiger charge is 2.26. The second kappa shape index (κ2) is 7.21. The molecule has 0 aromatic rings. The van der Waals surface area contributed by atoms with Crippen LogP contribution in [0, 0.1) is 5.41 Å². The molecule has 0 atom stereocenters. The molecule has 0 aromatic carbocycles. The Hall–Kier alpha value is -0.170. The van der Waals surface area contributed by atoms with E-state index in [0.717, 1.165) is 19.3 Å². The van der Waals surface area contributed by atoms with Gasteiger partial charge in [0.05, 0.1) is 0 Å². The van der Waals surface area contributed by atoms with Crippen molar-refractivity contribution in [1.29, 1.82) is 0 Å². The van der Waals surface area contributed by atoms with E-state index in [1.54, 1.807) is 0 Å². The summed E-state index contributed by atoms with van der Waals surface area (Å²) < 4.78 is 28.1. The maximum absolute atomic E-state index is 11.5. The lowest BCUT2D eigenvalue weighted by molar-refractivity contribution is 0.274. The molecule has 0 aromatic heterocycles. The summed E-state index contributed by atoms with van der Waals surface area (Å²) >= 11 is 0. The van der Waals surface area contributed by atoms with Crippen molar-refractivity contribution in [3.05, 3.63) is 0 Å². The van der Waals surface area contributed by atoms with E-state index in [2.05, 4.69) is 9.44 Å². The molecule has 6 heteroatoms. The smallest absolute Gasteiger partial charge is 0.276 e. The zero-order valence-electron chi connectivity index (χ0n) is 10.5. The Morgan fingerprint density at radius 3 is 2.06 bits per heavy atom. The van der Waals surface area contributed by atoms with Crippen LogP contribution in [0.5, 0.6) is 0 Å². The van der Waals surface area contributed by atoms with Crippen molar-refractivity contribution >= 4 is 10.2 Å². The fourth-order valence-electron chi connectivity index (χ4n) is 1.40. The van der Waals surface area contributed by atoms with Gasteiger partial charge in [-0.05, 0) is 31.2 Å². The van der Waals surface area contributed by atoms with Crippen molar-refractivity contribution < 1.29 is 8.42 Å². The van der Waals surface area contributed by atoms with Gasteiger partial charge in [-0.1, -0.05) is 20.8 Å². The van der Waals surface area contributed by atoms with Crippen molar-refractivity contribution in [2.45, 2.75) is 40.0 Å². The Balaban J connectivity index is 4.30. The first kappa shape index (κ1) is 15.8. The van der Waals surface area contributed by atoms with Gasteiger partial charge in [0.2, 0.25) is 0 Å². The van der Waals surface area contributed by atoms with Crippen LogP contribution in [-0.2, 0) is 10.2 Å². The summed E-state index contributed by atoms with van der Waals surface area (Å²) in [4.78, 5) is 0. The Bertz CT molecular complexity index is 266. The molecule has 0 aliphatic heterocycles. The molecular formula is C10H25N3O2S. The molecule has 0 aliphatic carbocycles. The summed E-state index contributed by atoms with van der Waals surface area (Å²) in [5.41, 5.74) is 5.58. The van der Waals surface area contributed by atoms with E-state index in [1.165, 1.54) is 0 Å². The quantitative estimate of drug-likeness (QED) is 0.560. The fourth-order valence-corrected chi connectivity index (χ4v) is 2.47. The van der Waals surface area contributed by atoms with E-state index < -0.39 is 10.2 Å². The van der Waals surface area contributed by atoms with Gasteiger partial charge in [0, 0.05) is 13.1 Å². The monoisotopic (exact) mass is 251 g/mol. The standard InChI is InChI=1S/C10H25N3O2S/c1-4-7-12-16(14,15)13-9-10(5-2,6-3)8-11/h12-13H,4-9,11H2,1-3H3. The van der Waals surface area contributed by atoms with Gasteiger partial charge in [0.15, 0.2) is 0 Å².